The van der Waals surface area contributed by atoms with Crippen molar-refractivity contribution in [2.45, 2.75) is 32.4 Å². The summed E-state index contributed by atoms with van der Waals surface area (Å²) in [4.78, 5) is 6.35. The minimum Gasteiger partial charge on any atom is -0.329 e. The van der Waals surface area contributed by atoms with E-state index in [-0.39, 0.29) is 6.04 Å². The molecular weight excluding hydrogens is 258 g/mol. The molecule has 0 bridgehead atoms. The van der Waals surface area contributed by atoms with Crippen molar-refractivity contribution in [3.05, 3.63) is 65.5 Å². The molecule has 1 aromatic heterocycles. The van der Waals surface area contributed by atoms with E-state index in [0.29, 0.717) is 12.5 Å². The summed E-state index contributed by atoms with van der Waals surface area (Å²) in [6, 6.07) is 13.2. The van der Waals surface area contributed by atoms with Gasteiger partial charge in [0.05, 0.1) is 0 Å². The number of benzene rings is 1. The quantitative estimate of drug-likeness (QED) is 0.884. The lowest BCUT2D eigenvalue weighted by Crippen LogP contribution is -2.30. The molecular formula is C18H25N3. The summed E-state index contributed by atoms with van der Waals surface area (Å²) in [5.74, 6) is 0.560. The van der Waals surface area contributed by atoms with Gasteiger partial charge in [0.15, 0.2) is 0 Å². The molecule has 1 unspecified atom stereocenters. The van der Waals surface area contributed by atoms with E-state index < -0.39 is 0 Å². The molecule has 112 valence electrons. The lowest BCUT2D eigenvalue weighted by molar-refractivity contribution is 0.241. The van der Waals surface area contributed by atoms with E-state index in [4.69, 9.17) is 5.73 Å². The van der Waals surface area contributed by atoms with Gasteiger partial charge in [0.25, 0.3) is 0 Å². The van der Waals surface area contributed by atoms with Crippen LogP contribution in [-0.4, -0.2) is 23.5 Å². The molecule has 0 fully saturated rings. The molecule has 2 rings (SSSR count). The van der Waals surface area contributed by atoms with Crippen molar-refractivity contribution in [3.8, 4) is 0 Å². The van der Waals surface area contributed by atoms with Gasteiger partial charge in [-0.1, -0.05) is 38.1 Å². The predicted molar refractivity (Wildman–Crippen MR) is 88.0 cm³/mol. The van der Waals surface area contributed by atoms with Gasteiger partial charge in [-0.3, -0.25) is 9.88 Å². The Morgan fingerprint density at radius 2 is 1.57 bits per heavy atom. The lowest BCUT2D eigenvalue weighted by atomic mass is 9.98. The van der Waals surface area contributed by atoms with Gasteiger partial charge in [-0.25, -0.2) is 0 Å². The average molecular weight is 283 g/mol. The highest BCUT2D eigenvalue weighted by Crippen LogP contribution is 2.23. The topological polar surface area (TPSA) is 42.1 Å². The molecule has 3 nitrogen and oxygen atoms in total. The number of hydrogen-bond acceptors (Lipinski definition) is 3. The van der Waals surface area contributed by atoms with Gasteiger partial charge < -0.3 is 5.73 Å². The molecule has 21 heavy (non-hydrogen) atoms. The average Bonchev–Trinajstić information content (AvgIpc) is 2.49. The molecule has 3 heteroatoms. The summed E-state index contributed by atoms with van der Waals surface area (Å²) in [5, 5.41) is 0. The normalized spacial score (nSPS) is 12.9. The predicted octanol–water partition coefficient (Wildman–Crippen LogP) is 3.34. The largest absolute Gasteiger partial charge is 0.329 e. The van der Waals surface area contributed by atoms with Crippen molar-refractivity contribution in [1.29, 1.82) is 0 Å². The van der Waals surface area contributed by atoms with E-state index in [1.54, 1.807) is 0 Å². The van der Waals surface area contributed by atoms with Crippen molar-refractivity contribution in [2.75, 3.05) is 13.6 Å². The standard InChI is InChI=1S/C18H25N3/c1-14(2)16-4-6-17(7-5-16)18(12-19)21(3)13-15-8-10-20-11-9-15/h4-11,14,18H,12-13,19H2,1-3H3. The smallest absolute Gasteiger partial charge is 0.0470 e. The second-order valence-electron chi connectivity index (χ2n) is 5.84. The number of nitrogens with two attached hydrogens (primary N) is 1. The van der Waals surface area contributed by atoms with Gasteiger partial charge in [-0.2, -0.15) is 0 Å². The Balaban J connectivity index is 2.11. The Kier molecular flexibility index (Phi) is 5.48. The zero-order chi connectivity index (χ0) is 15.2. The molecule has 0 saturated heterocycles. The van der Waals surface area contributed by atoms with Crippen LogP contribution in [-0.2, 0) is 6.54 Å². The van der Waals surface area contributed by atoms with Gasteiger partial charge in [-0.05, 0) is 41.8 Å². The Hall–Kier alpha value is -1.71. The van der Waals surface area contributed by atoms with E-state index in [2.05, 4.69) is 55.0 Å². The highest BCUT2D eigenvalue weighted by Gasteiger charge is 2.15. The third-order valence-electron chi connectivity index (χ3n) is 3.92. The van der Waals surface area contributed by atoms with E-state index in [0.717, 1.165) is 6.54 Å². The van der Waals surface area contributed by atoms with Gasteiger partial charge in [0.1, 0.15) is 0 Å². The van der Waals surface area contributed by atoms with Gasteiger partial charge in [-0.15, -0.1) is 0 Å². The number of aromatic nitrogens is 1. The van der Waals surface area contributed by atoms with Crippen LogP contribution in [0, 0.1) is 0 Å². The van der Waals surface area contributed by atoms with Crippen LogP contribution >= 0.6 is 0 Å². The Labute approximate surface area is 127 Å². The van der Waals surface area contributed by atoms with Crippen LogP contribution in [0.2, 0.25) is 0 Å². The maximum absolute atomic E-state index is 6.00. The molecule has 1 heterocycles. The molecule has 1 aromatic carbocycles. The molecule has 1 atom stereocenters. The molecule has 0 radical (unpaired) electrons. The van der Waals surface area contributed by atoms with Crippen molar-refractivity contribution in [2.24, 2.45) is 5.73 Å². The SMILES string of the molecule is CC(C)c1ccc(C(CN)N(C)Cc2ccncc2)cc1. The summed E-state index contributed by atoms with van der Waals surface area (Å²) in [6.07, 6.45) is 3.66. The van der Waals surface area contributed by atoms with Crippen LogP contribution in [0.4, 0.5) is 0 Å². The molecule has 0 spiro atoms. The summed E-state index contributed by atoms with van der Waals surface area (Å²) in [6.45, 7) is 5.91. The van der Waals surface area contributed by atoms with Gasteiger partial charge in [0.2, 0.25) is 0 Å². The highest BCUT2D eigenvalue weighted by atomic mass is 15.1. The van der Waals surface area contributed by atoms with Crippen LogP contribution in [0.1, 0.15) is 42.5 Å². The monoisotopic (exact) mass is 283 g/mol. The van der Waals surface area contributed by atoms with E-state index in [1.807, 2.05) is 24.5 Å². The first kappa shape index (κ1) is 15.7. The minimum absolute atomic E-state index is 0.236. The van der Waals surface area contributed by atoms with Crippen LogP contribution in [0.15, 0.2) is 48.8 Å². The van der Waals surface area contributed by atoms with Crippen molar-refractivity contribution in [3.63, 3.8) is 0 Å². The van der Waals surface area contributed by atoms with Crippen molar-refractivity contribution >= 4 is 0 Å². The third-order valence-corrected chi connectivity index (χ3v) is 3.92. The number of likely N-dealkylation sites (N-methyl/N-ethyl adjacent to an activating group) is 1. The summed E-state index contributed by atoms with van der Waals surface area (Å²) >= 11 is 0. The molecule has 0 aliphatic heterocycles. The molecule has 2 aromatic rings. The van der Waals surface area contributed by atoms with E-state index in [9.17, 15) is 0 Å². The van der Waals surface area contributed by atoms with Crippen LogP contribution in [0.25, 0.3) is 0 Å². The third kappa shape index (κ3) is 4.13. The Morgan fingerprint density at radius 3 is 2.10 bits per heavy atom. The first-order chi connectivity index (χ1) is 10.1. The maximum Gasteiger partial charge on any atom is 0.0470 e. The van der Waals surface area contributed by atoms with E-state index in [1.165, 1.54) is 16.7 Å². The van der Waals surface area contributed by atoms with Crippen LogP contribution in [0.3, 0.4) is 0 Å². The maximum atomic E-state index is 6.00. The molecule has 0 aliphatic carbocycles. The first-order valence-electron chi connectivity index (χ1n) is 7.51. The number of nitrogens with zero attached hydrogens (tertiary/aromatic N) is 2. The minimum atomic E-state index is 0.236. The van der Waals surface area contributed by atoms with Crippen LogP contribution in [0.5, 0.6) is 0 Å². The summed E-state index contributed by atoms with van der Waals surface area (Å²) < 4.78 is 0. The second-order valence-corrected chi connectivity index (χ2v) is 5.84. The molecule has 0 saturated carbocycles. The van der Waals surface area contributed by atoms with Crippen molar-refractivity contribution in [1.82, 2.24) is 9.88 Å². The molecule has 2 N–H and O–H groups in total. The summed E-state index contributed by atoms with van der Waals surface area (Å²) in [5.41, 5.74) is 9.90. The zero-order valence-corrected chi connectivity index (χ0v) is 13.2. The Bertz CT molecular complexity index is 534. The van der Waals surface area contributed by atoms with E-state index >= 15 is 0 Å². The first-order valence-corrected chi connectivity index (χ1v) is 7.51. The van der Waals surface area contributed by atoms with Crippen molar-refractivity contribution < 1.29 is 0 Å². The van der Waals surface area contributed by atoms with Gasteiger partial charge >= 0.3 is 0 Å². The summed E-state index contributed by atoms with van der Waals surface area (Å²) in [7, 11) is 2.12. The van der Waals surface area contributed by atoms with Gasteiger partial charge in [0, 0.05) is 31.5 Å². The fourth-order valence-corrected chi connectivity index (χ4v) is 2.56. The number of hydrogen-bond donors (Lipinski definition) is 1. The fourth-order valence-electron chi connectivity index (χ4n) is 2.56. The number of rotatable bonds is 6. The molecule has 0 aliphatic rings. The fraction of sp³-hybridized carbons (Fsp3) is 0.389. The lowest BCUT2D eigenvalue weighted by Gasteiger charge is -2.27. The highest BCUT2D eigenvalue weighted by molar-refractivity contribution is 5.27. The molecule has 0 amide bonds. The zero-order valence-electron chi connectivity index (χ0n) is 13.2. The Morgan fingerprint density at radius 1 is 1.00 bits per heavy atom. The second kappa shape index (κ2) is 7.34. The van der Waals surface area contributed by atoms with Crippen LogP contribution < -0.4 is 5.73 Å². The number of pyridine rings is 1.